The molecule has 0 radical (unpaired) electrons. The normalized spacial score (nSPS) is 15.5. The van der Waals surface area contributed by atoms with Crippen molar-refractivity contribution in [2.75, 3.05) is 0 Å². The number of nitrogens with two attached hydrogens (primary N) is 1. The first-order valence-electron chi connectivity index (χ1n) is 13.0. The summed E-state index contributed by atoms with van der Waals surface area (Å²) < 4.78 is 27.5. The summed E-state index contributed by atoms with van der Waals surface area (Å²) in [6.07, 6.45) is -3.09. The molecule has 0 spiro atoms. The first-order chi connectivity index (χ1) is 18.0. The van der Waals surface area contributed by atoms with Crippen LogP contribution in [-0.4, -0.2) is 58.5 Å². The van der Waals surface area contributed by atoms with Crippen LogP contribution in [-0.2, 0) is 30.4 Å². The molecule has 0 aromatic heterocycles. The fraction of sp³-hybridized carbons (Fsp3) is 0.607. The third-order valence-corrected chi connectivity index (χ3v) is 6.52. The Morgan fingerprint density at radius 2 is 1.56 bits per heavy atom. The molecule has 5 atom stereocenters. The predicted octanol–water partition coefficient (Wildman–Crippen LogP) is 2.33. The highest BCUT2D eigenvalue weighted by atomic mass is 19.3. The average molecular weight is 554 g/mol. The number of carbonyl (C=O) groups is 5. The number of rotatable bonds is 17. The molecular weight excluding hydrogens is 512 g/mol. The molecule has 1 aromatic rings. The van der Waals surface area contributed by atoms with Gasteiger partial charge in [-0.25, -0.2) is 8.78 Å². The molecule has 218 valence electrons. The number of benzene rings is 1. The van der Waals surface area contributed by atoms with Gasteiger partial charge in [-0.05, 0) is 31.2 Å². The van der Waals surface area contributed by atoms with Gasteiger partial charge in [0.15, 0.2) is 5.78 Å². The quantitative estimate of drug-likeness (QED) is 0.232. The molecule has 9 nitrogen and oxygen atoms in total. The molecule has 1 unspecified atom stereocenters. The third kappa shape index (κ3) is 12.0. The zero-order valence-electron chi connectivity index (χ0n) is 23.2. The maximum Gasteiger partial charge on any atom is 0.272 e. The van der Waals surface area contributed by atoms with Gasteiger partial charge in [-0.2, -0.15) is 0 Å². The second-order valence-electron chi connectivity index (χ2n) is 10.6. The summed E-state index contributed by atoms with van der Waals surface area (Å²) in [5.74, 6) is -8.00. The zero-order valence-corrected chi connectivity index (χ0v) is 23.2. The summed E-state index contributed by atoms with van der Waals surface area (Å²) in [4.78, 5) is 62.0. The number of amides is 3. The molecule has 0 fully saturated rings. The second-order valence-corrected chi connectivity index (χ2v) is 10.6. The fourth-order valence-corrected chi connectivity index (χ4v) is 4.14. The maximum atomic E-state index is 13.8. The lowest BCUT2D eigenvalue weighted by Crippen LogP contribution is -2.52. The zero-order chi connectivity index (χ0) is 29.9. The molecule has 0 saturated heterocycles. The minimum atomic E-state index is -3.56. The van der Waals surface area contributed by atoms with Crippen LogP contribution in [0.5, 0.6) is 0 Å². The Morgan fingerprint density at radius 3 is 2.05 bits per heavy atom. The van der Waals surface area contributed by atoms with Gasteiger partial charge in [0.05, 0.1) is 12.1 Å². The summed E-state index contributed by atoms with van der Waals surface area (Å²) >= 11 is 0. The van der Waals surface area contributed by atoms with Crippen molar-refractivity contribution in [3.8, 4) is 0 Å². The molecule has 1 aromatic carbocycles. The van der Waals surface area contributed by atoms with Crippen LogP contribution < -0.4 is 16.4 Å². The van der Waals surface area contributed by atoms with Crippen LogP contribution in [0.15, 0.2) is 30.3 Å². The standard InChI is InChI=1S/C28H41F2N3O6/c1-16(2)20(14-18(4)34)27(39)33-22(15-19-9-7-6-8-10-19)23(35)13-17(3)26(38)32-21(11-12-24(31)36)25(37)28(5,29)30/h6-10,16-17,20-22,25,37H,11-15H2,1-5H3,(H2,31,36)(H,32,38)(H,33,39)/t17-,20+,21-,22+,25?/m1/s1. The van der Waals surface area contributed by atoms with E-state index in [2.05, 4.69) is 10.6 Å². The van der Waals surface area contributed by atoms with Crippen LogP contribution >= 0.6 is 0 Å². The van der Waals surface area contributed by atoms with Crippen molar-refractivity contribution in [2.45, 2.75) is 90.8 Å². The van der Waals surface area contributed by atoms with E-state index in [1.807, 2.05) is 0 Å². The minimum absolute atomic E-state index is 0.0195. The minimum Gasteiger partial charge on any atom is -0.385 e. The number of carbonyl (C=O) groups excluding carboxylic acids is 5. The van der Waals surface area contributed by atoms with Gasteiger partial charge in [-0.3, -0.25) is 19.2 Å². The number of halogens is 2. The summed E-state index contributed by atoms with van der Waals surface area (Å²) in [6.45, 7) is 6.90. The van der Waals surface area contributed by atoms with E-state index in [1.54, 1.807) is 44.2 Å². The van der Waals surface area contributed by atoms with E-state index < -0.39 is 59.5 Å². The Labute approximate surface area is 228 Å². The van der Waals surface area contributed by atoms with E-state index in [0.717, 1.165) is 5.56 Å². The van der Waals surface area contributed by atoms with Gasteiger partial charge in [0.1, 0.15) is 11.9 Å². The number of hydrogen-bond acceptors (Lipinski definition) is 6. The highest BCUT2D eigenvalue weighted by Crippen LogP contribution is 2.23. The monoisotopic (exact) mass is 553 g/mol. The van der Waals surface area contributed by atoms with Crippen molar-refractivity contribution in [1.82, 2.24) is 10.6 Å². The smallest absolute Gasteiger partial charge is 0.272 e. The molecule has 1 rings (SSSR count). The molecule has 0 heterocycles. The van der Waals surface area contributed by atoms with Gasteiger partial charge >= 0.3 is 0 Å². The van der Waals surface area contributed by atoms with Crippen molar-refractivity contribution >= 4 is 29.3 Å². The van der Waals surface area contributed by atoms with Gasteiger partial charge in [0.2, 0.25) is 17.7 Å². The summed E-state index contributed by atoms with van der Waals surface area (Å²) in [5, 5.41) is 15.1. The van der Waals surface area contributed by atoms with Crippen molar-refractivity contribution in [1.29, 1.82) is 0 Å². The van der Waals surface area contributed by atoms with E-state index in [9.17, 15) is 37.9 Å². The Kier molecular flexibility index (Phi) is 13.4. The Hall–Kier alpha value is -3.21. The molecule has 0 aliphatic heterocycles. The number of Topliss-reactive ketones (excluding diaryl/α,β-unsaturated/α-hetero) is 2. The maximum absolute atomic E-state index is 13.8. The highest BCUT2D eigenvalue weighted by Gasteiger charge is 2.40. The van der Waals surface area contributed by atoms with Gasteiger partial charge < -0.3 is 26.3 Å². The molecule has 0 bridgehead atoms. The van der Waals surface area contributed by atoms with E-state index in [4.69, 9.17) is 5.73 Å². The van der Waals surface area contributed by atoms with Crippen LogP contribution in [0.4, 0.5) is 8.78 Å². The second kappa shape index (κ2) is 15.4. The molecule has 39 heavy (non-hydrogen) atoms. The molecule has 0 saturated carbocycles. The van der Waals surface area contributed by atoms with E-state index in [1.165, 1.54) is 13.8 Å². The van der Waals surface area contributed by atoms with Crippen molar-refractivity contribution in [3.63, 3.8) is 0 Å². The third-order valence-electron chi connectivity index (χ3n) is 6.52. The lowest BCUT2D eigenvalue weighted by atomic mass is 9.88. The highest BCUT2D eigenvalue weighted by molar-refractivity contribution is 5.94. The summed E-state index contributed by atoms with van der Waals surface area (Å²) in [5.41, 5.74) is 5.86. The molecule has 3 amide bonds. The lowest BCUT2D eigenvalue weighted by molar-refractivity contribution is -0.137. The topological polar surface area (TPSA) is 156 Å². The SMILES string of the molecule is CC(=O)C[C@H](C(=O)N[C@@H](Cc1ccccc1)C(=O)C[C@@H](C)C(=O)N[C@H](CCC(N)=O)C(O)C(C)(F)F)C(C)C. The van der Waals surface area contributed by atoms with Gasteiger partial charge in [-0.15, -0.1) is 0 Å². The summed E-state index contributed by atoms with van der Waals surface area (Å²) in [6, 6.07) is 6.46. The van der Waals surface area contributed by atoms with Gasteiger partial charge in [0.25, 0.3) is 5.92 Å². The number of primary amides is 1. The van der Waals surface area contributed by atoms with Gasteiger partial charge in [-0.1, -0.05) is 51.1 Å². The Bertz CT molecular complexity index is 997. The predicted molar refractivity (Wildman–Crippen MR) is 141 cm³/mol. The van der Waals surface area contributed by atoms with Crippen LogP contribution in [0, 0.1) is 17.8 Å². The van der Waals surface area contributed by atoms with Crippen LogP contribution in [0.2, 0.25) is 0 Å². The number of aliphatic hydroxyl groups is 1. The van der Waals surface area contributed by atoms with Crippen molar-refractivity contribution < 1.29 is 37.9 Å². The van der Waals surface area contributed by atoms with Crippen LogP contribution in [0.3, 0.4) is 0 Å². The first kappa shape index (κ1) is 33.8. The van der Waals surface area contributed by atoms with Crippen molar-refractivity contribution in [3.05, 3.63) is 35.9 Å². The van der Waals surface area contributed by atoms with Crippen LogP contribution in [0.25, 0.3) is 0 Å². The molecular formula is C28H41F2N3O6. The Balaban J connectivity index is 3.06. The average Bonchev–Trinajstić information content (AvgIpc) is 2.83. The van der Waals surface area contributed by atoms with Crippen molar-refractivity contribution in [2.24, 2.45) is 23.5 Å². The molecule has 0 aliphatic carbocycles. The lowest BCUT2D eigenvalue weighted by Gasteiger charge is -2.29. The number of aliphatic hydroxyl groups excluding tert-OH is 1. The molecule has 0 aliphatic rings. The van der Waals surface area contributed by atoms with E-state index in [-0.39, 0.29) is 43.8 Å². The summed E-state index contributed by atoms with van der Waals surface area (Å²) in [7, 11) is 0. The fourth-order valence-electron chi connectivity index (χ4n) is 4.14. The molecule has 5 N–H and O–H groups in total. The van der Waals surface area contributed by atoms with E-state index in [0.29, 0.717) is 6.92 Å². The number of alkyl halides is 2. The number of ketones is 2. The number of nitrogens with one attached hydrogen (secondary N) is 2. The van der Waals surface area contributed by atoms with Gasteiger partial charge in [0, 0.05) is 38.0 Å². The van der Waals surface area contributed by atoms with E-state index >= 15 is 0 Å². The largest absolute Gasteiger partial charge is 0.385 e. The first-order valence-corrected chi connectivity index (χ1v) is 13.0. The van der Waals surface area contributed by atoms with Crippen LogP contribution in [0.1, 0.15) is 65.9 Å². The number of hydrogen-bond donors (Lipinski definition) is 4. The Morgan fingerprint density at radius 1 is 0.974 bits per heavy atom. The molecule has 11 heteroatoms.